The molecule has 1 aromatic carbocycles. The summed E-state index contributed by atoms with van der Waals surface area (Å²) in [5, 5.41) is 0. The minimum atomic E-state index is -0.238. The van der Waals surface area contributed by atoms with E-state index < -0.39 is 0 Å². The number of hydrogen-bond donors (Lipinski definition) is 1. The van der Waals surface area contributed by atoms with E-state index in [1.807, 2.05) is 0 Å². The van der Waals surface area contributed by atoms with Gasteiger partial charge in [-0.25, -0.2) is 0 Å². The van der Waals surface area contributed by atoms with Crippen LogP contribution in [0.4, 0.5) is 5.69 Å². The molecular weight excluding hydrogens is 244 g/mol. The van der Waals surface area contributed by atoms with Gasteiger partial charge < -0.3 is 10.5 Å². The second-order valence-electron chi connectivity index (χ2n) is 5.11. The molecular formula is C14H16N2O3. The van der Waals surface area contributed by atoms with Crippen LogP contribution in [0.3, 0.4) is 0 Å². The van der Waals surface area contributed by atoms with Gasteiger partial charge in [0.25, 0.3) is 11.8 Å². The fourth-order valence-corrected chi connectivity index (χ4v) is 2.68. The highest BCUT2D eigenvalue weighted by Crippen LogP contribution is 2.27. The van der Waals surface area contributed by atoms with Crippen LogP contribution in [0.1, 0.15) is 33.6 Å². The molecule has 1 fully saturated rings. The van der Waals surface area contributed by atoms with Gasteiger partial charge in [-0.1, -0.05) is 0 Å². The van der Waals surface area contributed by atoms with Crippen LogP contribution >= 0.6 is 0 Å². The van der Waals surface area contributed by atoms with Crippen molar-refractivity contribution in [1.29, 1.82) is 0 Å². The highest BCUT2D eigenvalue weighted by atomic mass is 16.5. The molecule has 1 unspecified atom stereocenters. The molecule has 1 atom stereocenters. The summed E-state index contributed by atoms with van der Waals surface area (Å²) in [4.78, 5) is 25.8. The van der Waals surface area contributed by atoms with E-state index in [1.165, 1.54) is 4.90 Å². The van der Waals surface area contributed by atoms with E-state index in [0.29, 0.717) is 30.0 Å². The van der Waals surface area contributed by atoms with E-state index in [9.17, 15) is 9.59 Å². The predicted octanol–water partition coefficient (Wildman–Crippen LogP) is 1.29. The van der Waals surface area contributed by atoms with Crippen LogP contribution in [-0.2, 0) is 4.74 Å². The smallest absolute Gasteiger partial charge is 0.261 e. The fourth-order valence-electron chi connectivity index (χ4n) is 2.68. The monoisotopic (exact) mass is 260 g/mol. The molecule has 2 aliphatic rings. The number of imide groups is 1. The van der Waals surface area contributed by atoms with Gasteiger partial charge in [0.05, 0.1) is 17.7 Å². The van der Waals surface area contributed by atoms with Crippen molar-refractivity contribution in [3.8, 4) is 0 Å². The summed E-state index contributed by atoms with van der Waals surface area (Å²) in [5.74, 6) is -0.211. The van der Waals surface area contributed by atoms with Crippen molar-refractivity contribution in [2.45, 2.75) is 12.8 Å². The molecule has 2 aliphatic heterocycles. The summed E-state index contributed by atoms with van der Waals surface area (Å²) >= 11 is 0. The fraction of sp³-hybridized carbons (Fsp3) is 0.429. The maximum Gasteiger partial charge on any atom is 0.261 e. The number of anilines is 1. The molecule has 100 valence electrons. The van der Waals surface area contributed by atoms with Crippen LogP contribution < -0.4 is 5.73 Å². The third-order valence-electron chi connectivity index (χ3n) is 3.69. The standard InChI is InChI=1S/C14H16N2O3/c15-10-3-4-11-12(6-10)14(18)16(13(11)17)7-9-2-1-5-19-8-9/h3-4,6,9H,1-2,5,7-8,15H2. The maximum absolute atomic E-state index is 12.2. The Morgan fingerprint density at radius 3 is 2.79 bits per heavy atom. The molecule has 5 nitrogen and oxygen atoms in total. The van der Waals surface area contributed by atoms with Crippen molar-refractivity contribution in [3.05, 3.63) is 29.3 Å². The third-order valence-corrected chi connectivity index (χ3v) is 3.69. The number of nitrogens with zero attached hydrogens (tertiary/aromatic N) is 1. The Kier molecular flexibility index (Phi) is 2.98. The van der Waals surface area contributed by atoms with Crippen LogP contribution in [0.5, 0.6) is 0 Å². The first-order chi connectivity index (χ1) is 9.16. The number of nitrogen functional groups attached to an aromatic ring is 1. The Balaban J connectivity index is 1.81. The molecule has 1 aromatic rings. The molecule has 3 rings (SSSR count). The van der Waals surface area contributed by atoms with Gasteiger partial charge in [-0.15, -0.1) is 0 Å². The zero-order chi connectivity index (χ0) is 13.4. The molecule has 0 radical (unpaired) electrons. The summed E-state index contributed by atoms with van der Waals surface area (Å²) in [7, 11) is 0. The van der Waals surface area contributed by atoms with Crippen molar-refractivity contribution in [2.75, 3.05) is 25.5 Å². The Morgan fingerprint density at radius 2 is 2.05 bits per heavy atom. The Hall–Kier alpha value is -1.88. The molecule has 1 saturated heterocycles. The van der Waals surface area contributed by atoms with Gasteiger partial charge in [0.2, 0.25) is 0 Å². The molecule has 0 aliphatic carbocycles. The topological polar surface area (TPSA) is 72.6 Å². The lowest BCUT2D eigenvalue weighted by molar-refractivity contribution is 0.0346. The van der Waals surface area contributed by atoms with E-state index in [4.69, 9.17) is 10.5 Å². The number of fused-ring (bicyclic) bond motifs is 1. The maximum atomic E-state index is 12.2. The van der Waals surface area contributed by atoms with Crippen molar-refractivity contribution >= 4 is 17.5 Å². The highest BCUT2D eigenvalue weighted by molar-refractivity contribution is 6.21. The quantitative estimate of drug-likeness (QED) is 0.642. The molecule has 2 amide bonds. The van der Waals surface area contributed by atoms with Crippen molar-refractivity contribution in [3.63, 3.8) is 0 Å². The van der Waals surface area contributed by atoms with Crippen molar-refractivity contribution < 1.29 is 14.3 Å². The third kappa shape index (κ3) is 2.10. The number of ether oxygens (including phenoxy) is 1. The lowest BCUT2D eigenvalue weighted by Gasteiger charge is -2.25. The van der Waals surface area contributed by atoms with Crippen LogP contribution in [-0.4, -0.2) is 36.5 Å². The van der Waals surface area contributed by atoms with E-state index in [0.717, 1.165) is 19.4 Å². The molecule has 2 N–H and O–H groups in total. The molecule has 2 heterocycles. The number of amides is 2. The molecule has 0 bridgehead atoms. The summed E-state index contributed by atoms with van der Waals surface area (Å²) in [5.41, 5.74) is 7.04. The Bertz CT molecular complexity index is 535. The van der Waals surface area contributed by atoms with E-state index in [-0.39, 0.29) is 17.7 Å². The van der Waals surface area contributed by atoms with Crippen LogP contribution in [0.2, 0.25) is 0 Å². The van der Waals surface area contributed by atoms with Gasteiger partial charge in [0, 0.05) is 24.8 Å². The molecule has 0 saturated carbocycles. The van der Waals surface area contributed by atoms with Gasteiger partial charge in [-0.3, -0.25) is 14.5 Å². The van der Waals surface area contributed by atoms with Crippen molar-refractivity contribution in [1.82, 2.24) is 4.90 Å². The van der Waals surface area contributed by atoms with E-state index in [2.05, 4.69) is 0 Å². The van der Waals surface area contributed by atoms with Crippen LogP contribution in [0, 0.1) is 5.92 Å². The molecule has 19 heavy (non-hydrogen) atoms. The van der Waals surface area contributed by atoms with Gasteiger partial charge in [0.1, 0.15) is 0 Å². The number of carbonyl (C=O) groups excluding carboxylic acids is 2. The number of rotatable bonds is 2. The zero-order valence-corrected chi connectivity index (χ0v) is 10.6. The van der Waals surface area contributed by atoms with Gasteiger partial charge in [-0.2, -0.15) is 0 Å². The summed E-state index contributed by atoms with van der Waals surface area (Å²) in [6.45, 7) is 1.83. The zero-order valence-electron chi connectivity index (χ0n) is 10.6. The first-order valence-electron chi connectivity index (χ1n) is 6.50. The summed E-state index contributed by atoms with van der Waals surface area (Å²) in [6.07, 6.45) is 1.98. The Labute approximate surface area is 111 Å². The number of carbonyl (C=O) groups is 2. The average molecular weight is 260 g/mol. The van der Waals surface area contributed by atoms with E-state index >= 15 is 0 Å². The van der Waals surface area contributed by atoms with Gasteiger partial charge in [0.15, 0.2) is 0 Å². The lowest BCUT2D eigenvalue weighted by Crippen LogP contribution is -2.37. The highest BCUT2D eigenvalue weighted by Gasteiger charge is 2.36. The summed E-state index contributed by atoms with van der Waals surface area (Å²) in [6, 6.07) is 4.85. The second-order valence-corrected chi connectivity index (χ2v) is 5.11. The molecule has 0 spiro atoms. The normalized spacial score (nSPS) is 22.7. The number of benzene rings is 1. The molecule has 5 heteroatoms. The van der Waals surface area contributed by atoms with Crippen LogP contribution in [0.15, 0.2) is 18.2 Å². The first-order valence-corrected chi connectivity index (χ1v) is 6.50. The van der Waals surface area contributed by atoms with Crippen LogP contribution in [0.25, 0.3) is 0 Å². The van der Waals surface area contributed by atoms with E-state index in [1.54, 1.807) is 18.2 Å². The second kappa shape index (κ2) is 4.66. The van der Waals surface area contributed by atoms with Gasteiger partial charge in [-0.05, 0) is 31.0 Å². The first kappa shape index (κ1) is 12.2. The van der Waals surface area contributed by atoms with Gasteiger partial charge >= 0.3 is 0 Å². The number of hydrogen-bond acceptors (Lipinski definition) is 4. The average Bonchev–Trinajstić information content (AvgIpc) is 2.65. The SMILES string of the molecule is Nc1ccc2c(c1)C(=O)N(CC1CCCOC1)C2=O. The largest absolute Gasteiger partial charge is 0.399 e. The number of nitrogens with two attached hydrogens (primary N) is 1. The minimum absolute atomic E-state index is 0.217. The molecule has 0 aromatic heterocycles. The predicted molar refractivity (Wildman–Crippen MR) is 69.8 cm³/mol. The summed E-state index contributed by atoms with van der Waals surface area (Å²) < 4.78 is 5.39. The van der Waals surface area contributed by atoms with Crippen molar-refractivity contribution in [2.24, 2.45) is 5.92 Å². The lowest BCUT2D eigenvalue weighted by atomic mass is 10.0. The minimum Gasteiger partial charge on any atom is -0.399 e. The Morgan fingerprint density at radius 1 is 1.26 bits per heavy atom.